The molecule has 2 aliphatic heterocycles. The van der Waals surface area contributed by atoms with Gasteiger partial charge in [-0.25, -0.2) is 4.99 Å². The third-order valence-electron chi connectivity index (χ3n) is 3.88. The number of amides is 1. The first-order valence-corrected chi connectivity index (χ1v) is 9.77. The number of thioether (sulfide) groups is 1. The van der Waals surface area contributed by atoms with Crippen LogP contribution in [-0.2, 0) is 4.79 Å². The fourth-order valence-electron chi connectivity index (χ4n) is 2.68. The molecule has 1 saturated heterocycles. The Bertz CT molecular complexity index is 880. The van der Waals surface area contributed by atoms with Gasteiger partial charge >= 0.3 is 0 Å². The standard InChI is InChI=1S/C17H14ClN3O2S2/c1-23-15-5-4-11(18)7-14(15)20-9-21-16(22)13(19-17(21)25-10-20)8-12-3-2-6-24-12/h2-8H,9-10H2,1H3. The van der Waals surface area contributed by atoms with Gasteiger partial charge in [-0.3, -0.25) is 9.69 Å². The minimum Gasteiger partial charge on any atom is -0.495 e. The minimum atomic E-state index is -0.0819. The summed E-state index contributed by atoms with van der Waals surface area (Å²) in [7, 11) is 1.62. The highest BCUT2D eigenvalue weighted by atomic mass is 35.5. The van der Waals surface area contributed by atoms with E-state index < -0.39 is 0 Å². The van der Waals surface area contributed by atoms with Gasteiger partial charge in [0, 0.05) is 9.90 Å². The largest absolute Gasteiger partial charge is 0.495 e. The third-order valence-corrected chi connectivity index (χ3v) is 5.94. The Morgan fingerprint density at radius 1 is 1.36 bits per heavy atom. The summed E-state index contributed by atoms with van der Waals surface area (Å²) < 4.78 is 5.43. The Morgan fingerprint density at radius 3 is 3.00 bits per heavy atom. The van der Waals surface area contributed by atoms with Gasteiger partial charge in [-0.2, -0.15) is 0 Å². The van der Waals surface area contributed by atoms with Crippen LogP contribution >= 0.6 is 34.7 Å². The molecule has 2 aromatic rings. The van der Waals surface area contributed by atoms with E-state index in [0.29, 0.717) is 23.3 Å². The van der Waals surface area contributed by atoms with Crippen LogP contribution in [0.5, 0.6) is 5.75 Å². The number of fused-ring (bicyclic) bond motifs is 1. The number of hydrogen-bond acceptors (Lipinski definition) is 6. The molecule has 0 unspecified atom stereocenters. The van der Waals surface area contributed by atoms with Crippen LogP contribution in [0.1, 0.15) is 4.88 Å². The Morgan fingerprint density at radius 2 is 2.24 bits per heavy atom. The highest BCUT2D eigenvalue weighted by Gasteiger charge is 2.36. The number of methoxy groups -OCH3 is 1. The molecule has 0 spiro atoms. The van der Waals surface area contributed by atoms with Crippen LogP contribution in [0.25, 0.3) is 6.08 Å². The second kappa shape index (κ2) is 6.74. The number of rotatable bonds is 3. The van der Waals surface area contributed by atoms with E-state index in [0.717, 1.165) is 21.5 Å². The molecule has 1 fully saturated rings. The minimum absolute atomic E-state index is 0.0819. The van der Waals surface area contributed by atoms with Crippen molar-refractivity contribution < 1.29 is 9.53 Å². The highest BCUT2D eigenvalue weighted by Crippen LogP contribution is 2.36. The molecule has 0 saturated carbocycles. The zero-order valence-corrected chi connectivity index (χ0v) is 15.7. The van der Waals surface area contributed by atoms with Crippen LogP contribution in [0.15, 0.2) is 46.4 Å². The van der Waals surface area contributed by atoms with Crippen LogP contribution in [0.4, 0.5) is 5.69 Å². The number of nitrogens with zero attached hydrogens (tertiary/aromatic N) is 3. The van der Waals surface area contributed by atoms with E-state index in [2.05, 4.69) is 9.89 Å². The van der Waals surface area contributed by atoms with Gasteiger partial charge in [0.1, 0.15) is 18.1 Å². The van der Waals surface area contributed by atoms with Crippen molar-refractivity contribution in [3.05, 3.63) is 51.3 Å². The summed E-state index contributed by atoms with van der Waals surface area (Å²) in [6.45, 7) is 0.420. The van der Waals surface area contributed by atoms with Crippen molar-refractivity contribution in [3.63, 3.8) is 0 Å². The predicted octanol–water partition coefficient (Wildman–Crippen LogP) is 4.12. The summed E-state index contributed by atoms with van der Waals surface area (Å²) >= 11 is 9.25. The molecule has 0 atom stereocenters. The topological polar surface area (TPSA) is 45.1 Å². The first-order chi connectivity index (χ1) is 12.2. The molecule has 128 valence electrons. The van der Waals surface area contributed by atoms with E-state index in [4.69, 9.17) is 16.3 Å². The molecule has 2 aliphatic rings. The molecule has 4 rings (SSSR count). The SMILES string of the molecule is COc1ccc(Cl)cc1N1CSC2=NC(=Cc3cccs3)C(=O)N2C1. The van der Waals surface area contributed by atoms with Crippen molar-refractivity contribution in [1.82, 2.24) is 4.90 Å². The molecule has 0 aliphatic carbocycles. The molecule has 1 aromatic carbocycles. The second-order valence-corrected chi connectivity index (χ2v) is 7.77. The summed E-state index contributed by atoms with van der Waals surface area (Å²) in [4.78, 5) is 22.0. The molecular formula is C17H14ClN3O2S2. The molecular weight excluding hydrogens is 378 g/mol. The first-order valence-electron chi connectivity index (χ1n) is 7.53. The first kappa shape index (κ1) is 16.5. The number of carbonyl (C=O) groups excluding carboxylic acids is 1. The number of hydrogen-bond donors (Lipinski definition) is 0. The lowest BCUT2D eigenvalue weighted by atomic mass is 10.2. The maximum atomic E-state index is 12.7. The summed E-state index contributed by atoms with van der Waals surface area (Å²) in [6, 6.07) is 9.40. The Kier molecular flexibility index (Phi) is 4.45. The van der Waals surface area contributed by atoms with E-state index in [1.807, 2.05) is 35.7 Å². The fourth-order valence-corrected chi connectivity index (χ4v) is 4.45. The van der Waals surface area contributed by atoms with Gasteiger partial charge in [0.15, 0.2) is 5.17 Å². The molecule has 25 heavy (non-hydrogen) atoms. The zero-order valence-electron chi connectivity index (χ0n) is 13.3. The molecule has 1 aromatic heterocycles. The van der Waals surface area contributed by atoms with Crippen molar-refractivity contribution >= 4 is 57.5 Å². The molecule has 0 radical (unpaired) electrons. The van der Waals surface area contributed by atoms with Crippen LogP contribution in [0, 0.1) is 0 Å². The molecule has 0 bridgehead atoms. The van der Waals surface area contributed by atoms with Crippen LogP contribution in [-0.4, -0.2) is 35.6 Å². The van der Waals surface area contributed by atoms with E-state index in [1.165, 1.54) is 11.8 Å². The van der Waals surface area contributed by atoms with Gasteiger partial charge in [0.25, 0.3) is 5.91 Å². The smallest absolute Gasteiger partial charge is 0.280 e. The van der Waals surface area contributed by atoms with Gasteiger partial charge in [-0.15, -0.1) is 11.3 Å². The maximum Gasteiger partial charge on any atom is 0.280 e. The highest BCUT2D eigenvalue weighted by molar-refractivity contribution is 8.14. The molecule has 8 heteroatoms. The van der Waals surface area contributed by atoms with Crippen molar-refractivity contribution in [1.29, 1.82) is 0 Å². The Labute approximate surface area is 158 Å². The van der Waals surface area contributed by atoms with Crippen molar-refractivity contribution in [2.24, 2.45) is 4.99 Å². The van der Waals surface area contributed by atoms with E-state index in [1.54, 1.807) is 29.4 Å². The van der Waals surface area contributed by atoms with E-state index in [-0.39, 0.29) is 5.91 Å². The monoisotopic (exact) mass is 391 g/mol. The number of aliphatic imine (C=N–C) groups is 1. The number of thiophene rings is 1. The summed E-state index contributed by atoms with van der Waals surface area (Å²) in [5, 5.41) is 3.35. The van der Waals surface area contributed by atoms with Crippen molar-refractivity contribution in [2.45, 2.75) is 0 Å². The Hall–Kier alpha value is -1.96. The number of carbonyl (C=O) groups is 1. The number of amidine groups is 1. The molecule has 1 amide bonds. The zero-order chi connectivity index (χ0) is 17.4. The van der Waals surface area contributed by atoms with Crippen LogP contribution < -0.4 is 9.64 Å². The van der Waals surface area contributed by atoms with Crippen LogP contribution in [0.2, 0.25) is 5.02 Å². The van der Waals surface area contributed by atoms with Gasteiger partial charge in [0.2, 0.25) is 0 Å². The van der Waals surface area contributed by atoms with E-state index >= 15 is 0 Å². The quantitative estimate of drug-likeness (QED) is 0.738. The van der Waals surface area contributed by atoms with Crippen molar-refractivity contribution in [3.8, 4) is 5.75 Å². The average Bonchev–Trinajstić information content (AvgIpc) is 3.24. The van der Waals surface area contributed by atoms with Gasteiger partial charge in [0.05, 0.1) is 18.7 Å². The van der Waals surface area contributed by atoms with Gasteiger partial charge < -0.3 is 9.64 Å². The Balaban J connectivity index is 1.60. The van der Waals surface area contributed by atoms with Crippen molar-refractivity contribution in [2.75, 3.05) is 24.6 Å². The maximum absolute atomic E-state index is 12.7. The number of benzene rings is 1. The average molecular weight is 392 g/mol. The lowest BCUT2D eigenvalue weighted by Crippen LogP contribution is -2.46. The molecule has 0 N–H and O–H groups in total. The predicted molar refractivity (Wildman–Crippen MR) is 104 cm³/mol. The number of anilines is 1. The van der Waals surface area contributed by atoms with Gasteiger partial charge in [-0.05, 0) is 35.7 Å². The lowest BCUT2D eigenvalue weighted by Gasteiger charge is -2.34. The fraction of sp³-hybridized carbons (Fsp3) is 0.176. The lowest BCUT2D eigenvalue weighted by molar-refractivity contribution is -0.122. The molecule has 5 nitrogen and oxygen atoms in total. The normalized spacial score (nSPS) is 18.6. The van der Waals surface area contributed by atoms with Crippen LogP contribution in [0.3, 0.4) is 0 Å². The van der Waals surface area contributed by atoms with Gasteiger partial charge in [-0.1, -0.05) is 29.4 Å². The van der Waals surface area contributed by atoms with E-state index in [9.17, 15) is 4.79 Å². The summed E-state index contributed by atoms with van der Waals surface area (Å²) in [5.74, 6) is 1.32. The number of ether oxygens (including phenoxy) is 1. The number of halogens is 1. The second-order valence-electron chi connectivity index (χ2n) is 5.44. The molecule has 3 heterocycles. The summed E-state index contributed by atoms with van der Waals surface area (Å²) in [5.41, 5.74) is 1.34. The third kappa shape index (κ3) is 3.15. The summed E-state index contributed by atoms with van der Waals surface area (Å²) in [6.07, 6.45) is 1.84.